The molecule has 0 unspecified atom stereocenters. The van der Waals surface area contributed by atoms with Crippen molar-refractivity contribution in [3.05, 3.63) is 0 Å². The van der Waals surface area contributed by atoms with Crippen LogP contribution in [-0.2, 0) is 28.6 Å². The number of hydrogen-bond acceptors (Lipinski definition) is 11. The van der Waals surface area contributed by atoms with Crippen molar-refractivity contribution in [3.63, 3.8) is 0 Å². The third kappa shape index (κ3) is 4.31. The second-order valence-corrected chi connectivity index (χ2v) is 13.1. The minimum absolute atomic E-state index is 0.0315. The molecular weight excluding hydrogens is 512 g/mol. The number of aliphatic hydroxyl groups is 5. The Morgan fingerprint density at radius 1 is 1.00 bits per heavy atom. The number of ether oxygens (including phenoxy) is 3. The molecule has 0 aromatic rings. The fraction of sp³-hybridized carbons (Fsp3) is 0.893. The molecule has 4 saturated carbocycles. The predicted octanol–water partition coefficient (Wildman–Crippen LogP) is -0.134. The van der Waals surface area contributed by atoms with E-state index in [0.29, 0.717) is 19.3 Å². The Balaban J connectivity index is 1.31. The molecule has 1 aliphatic heterocycles. The number of methoxy groups -OCH3 is 1. The fourth-order valence-corrected chi connectivity index (χ4v) is 9.09. The zero-order valence-electron chi connectivity index (χ0n) is 22.8. The van der Waals surface area contributed by atoms with Crippen molar-refractivity contribution in [2.24, 2.45) is 34.5 Å². The summed E-state index contributed by atoms with van der Waals surface area (Å²) >= 11 is 0. The van der Waals surface area contributed by atoms with E-state index >= 15 is 0 Å². The highest BCUT2D eigenvalue weighted by molar-refractivity contribution is 5.92. The average Bonchev–Trinajstić information content (AvgIpc) is 3.17. The summed E-state index contributed by atoms with van der Waals surface area (Å²) in [4.78, 5) is 39.3. The lowest BCUT2D eigenvalue weighted by atomic mass is 9.44. The van der Waals surface area contributed by atoms with E-state index in [-0.39, 0.29) is 53.8 Å². The first-order valence-electron chi connectivity index (χ1n) is 14.1. The number of fused-ring (bicyclic) bond motifs is 5. The topological polar surface area (TPSA) is 180 Å². The lowest BCUT2D eigenvalue weighted by molar-refractivity contribution is -0.293. The van der Waals surface area contributed by atoms with Crippen LogP contribution in [0.25, 0.3) is 0 Å². The van der Waals surface area contributed by atoms with Gasteiger partial charge in [0.15, 0.2) is 18.2 Å². The van der Waals surface area contributed by atoms with Crippen LogP contribution >= 0.6 is 0 Å². The molecule has 39 heavy (non-hydrogen) atoms. The van der Waals surface area contributed by atoms with Gasteiger partial charge in [0.05, 0.1) is 13.2 Å². The maximum atomic E-state index is 13.8. The molecule has 0 spiro atoms. The number of carbonyl (C=O) groups excluding carboxylic acids is 3. The standard InChI is InChI=1S/C28H42O11/c1-26-8-6-14(29)10-13(26)4-5-15-16-7-9-28(36,27(16,2)11-17(30)19(15)26)18(31)12-38-25-22(34)20(32)21(33)23(39-25)24(35)37-3/h13-16,19-23,25,29,32-34,36H,4-12H2,1-3H3/t13-,14-,15+,16+,19-,20+,21+,22-,23+,25-,26+,27+,28+/m1/s1. The first kappa shape index (κ1) is 29.0. The molecule has 11 heteroatoms. The summed E-state index contributed by atoms with van der Waals surface area (Å²) in [7, 11) is 1.07. The third-order valence-electron chi connectivity index (χ3n) is 11.3. The van der Waals surface area contributed by atoms with Gasteiger partial charge >= 0.3 is 5.97 Å². The normalized spacial score (nSPS) is 51.4. The highest BCUT2D eigenvalue weighted by Gasteiger charge is 2.69. The number of hydrogen-bond donors (Lipinski definition) is 5. The van der Waals surface area contributed by atoms with Crippen molar-refractivity contribution >= 4 is 17.5 Å². The molecule has 220 valence electrons. The molecule has 0 amide bonds. The van der Waals surface area contributed by atoms with Crippen LogP contribution in [0.2, 0.25) is 0 Å². The molecule has 0 aromatic heterocycles. The molecule has 13 atom stereocenters. The molecule has 5 N–H and O–H groups in total. The summed E-state index contributed by atoms with van der Waals surface area (Å²) in [6.07, 6.45) is -4.11. The number of esters is 1. The molecule has 0 aromatic carbocycles. The van der Waals surface area contributed by atoms with Gasteiger partial charge in [0.25, 0.3) is 0 Å². The lowest BCUT2D eigenvalue weighted by Crippen LogP contribution is -2.63. The summed E-state index contributed by atoms with van der Waals surface area (Å²) in [5, 5.41) is 52.6. The minimum atomic E-state index is -1.84. The van der Waals surface area contributed by atoms with Crippen LogP contribution in [-0.4, -0.2) is 99.2 Å². The predicted molar refractivity (Wildman–Crippen MR) is 133 cm³/mol. The molecule has 11 nitrogen and oxygen atoms in total. The Kier molecular flexibility index (Phi) is 7.53. The number of ketones is 2. The Morgan fingerprint density at radius 3 is 2.41 bits per heavy atom. The summed E-state index contributed by atoms with van der Waals surface area (Å²) in [6, 6.07) is 0. The van der Waals surface area contributed by atoms with E-state index in [9.17, 15) is 39.9 Å². The fourth-order valence-electron chi connectivity index (χ4n) is 9.09. The van der Waals surface area contributed by atoms with Gasteiger partial charge < -0.3 is 39.7 Å². The number of aliphatic hydroxyl groups excluding tert-OH is 4. The van der Waals surface area contributed by atoms with E-state index < -0.39 is 60.1 Å². The minimum Gasteiger partial charge on any atom is -0.467 e. The Bertz CT molecular complexity index is 1000. The van der Waals surface area contributed by atoms with Crippen molar-refractivity contribution < 1.29 is 54.1 Å². The van der Waals surface area contributed by atoms with Gasteiger partial charge in [0.1, 0.15) is 36.3 Å². The summed E-state index contributed by atoms with van der Waals surface area (Å²) in [5.74, 6) is -1.41. The smallest absolute Gasteiger partial charge is 0.337 e. The van der Waals surface area contributed by atoms with Crippen molar-refractivity contribution in [2.45, 2.75) is 108 Å². The third-order valence-corrected chi connectivity index (χ3v) is 11.3. The van der Waals surface area contributed by atoms with Gasteiger partial charge in [-0.05, 0) is 68.1 Å². The van der Waals surface area contributed by atoms with Crippen molar-refractivity contribution in [2.75, 3.05) is 13.7 Å². The van der Waals surface area contributed by atoms with Crippen LogP contribution in [0.15, 0.2) is 0 Å². The first-order chi connectivity index (χ1) is 18.3. The van der Waals surface area contributed by atoms with Gasteiger partial charge in [0, 0.05) is 17.8 Å². The van der Waals surface area contributed by atoms with E-state index in [1.165, 1.54) is 0 Å². The average molecular weight is 555 g/mol. The Morgan fingerprint density at radius 2 is 1.72 bits per heavy atom. The van der Waals surface area contributed by atoms with Crippen molar-refractivity contribution in [1.29, 1.82) is 0 Å². The van der Waals surface area contributed by atoms with Crippen LogP contribution in [0.1, 0.15) is 65.2 Å². The lowest BCUT2D eigenvalue weighted by Gasteiger charge is -2.60. The number of rotatable bonds is 5. The molecule has 5 aliphatic rings. The van der Waals surface area contributed by atoms with Gasteiger partial charge in [-0.2, -0.15) is 0 Å². The highest BCUT2D eigenvalue weighted by atomic mass is 16.7. The van der Waals surface area contributed by atoms with E-state index in [2.05, 4.69) is 11.7 Å². The van der Waals surface area contributed by atoms with Crippen molar-refractivity contribution in [3.8, 4) is 0 Å². The van der Waals surface area contributed by atoms with Crippen LogP contribution < -0.4 is 0 Å². The molecule has 5 rings (SSSR count). The maximum absolute atomic E-state index is 13.8. The number of carbonyl (C=O) groups is 3. The number of Topliss-reactive ketones (excluding diaryl/α,β-unsaturated/α-hetero) is 2. The SMILES string of the molecule is COC(=O)[C@H]1O[C@@H](OCC(=O)[C@@]2(O)CC[C@H]3[C@@H]4CC[C@@H]5C[C@H](O)CC[C@]5(C)[C@H]4C(=O)C[C@@]32C)[C@H](O)[C@@H](O)[C@@H]1O. The van der Waals surface area contributed by atoms with Gasteiger partial charge in [-0.25, -0.2) is 4.79 Å². The van der Waals surface area contributed by atoms with Gasteiger partial charge in [0.2, 0.25) is 0 Å². The first-order valence-corrected chi connectivity index (χ1v) is 14.1. The van der Waals surface area contributed by atoms with E-state index in [4.69, 9.17) is 9.47 Å². The van der Waals surface area contributed by atoms with Gasteiger partial charge in [-0.3, -0.25) is 9.59 Å². The second-order valence-electron chi connectivity index (χ2n) is 13.1. The molecule has 1 saturated heterocycles. The monoisotopic (exact) mass is 554 g/mol. The van der Waals surface area contributed by atoms with Crippen LogP contribution in [0.4, 0.5) is 0 Å². The summed E-state index contributed by atoms with van der Waals surface area (Å²) in [5.41, 5.74) is -3.01. The van der Waals surface area contributed by atoms with E-state index in [1.54, 1.807) is 0 Å². The van der Waals surface area contributed by atoms with E-state index in [1.807, 2.05) is 6.92 Å². The Labute approximate surface area is 227 Å². The largest absolute Gasteiger partial charge is 0.467 e. The summed E-state index contributed by atoms with van der Waals surface area (Å²) in [6.45, 7) is 3.32. The van der Waals surface area contributed by atoms with E-state index in [0.717, 1.165) is 26.4 Å². The van der Waals surface area contributed by atoms with Gasteiger partial charge in [-0.15, -0.1) is 0 Å². The van der Waals surface area contributed by atoms with Crippen molar-refractivity contribution in [1.82, 2.24) is 0 Å². The zero-order chi connectivity index (χ0) is 28.5. The highest BCUT2D eigenvalue weighted by Crippen LogP contribution is 2.67. The molecule has 0 bridgehead atoms. The Hall–Kier alpha value is -1.47. The van der Waals surface area contributed by atoms with Crippen LogP contribution in [0, 0.1) is 34.5 Å². The molecule has 4 aliphatic carbocycles. The molecule has 0 radical (unpaired) electrons. The zero-order valence-corrected chi connectivity index (χ0v) is 22.8. The maximum Gasteiger partial charge on any atom is 0.337 e. The summed E-state index contributed by atoms with van der Waals surface area (Å²) < 4.78 is 15.3. The molecule has 1 heterocycles. The van der Waals surface area contributed by atoms with Crippen LogP contribution in [0.3, 0.4) is 0 Å². The molecule has 5 fully saturated rings. The van der Waals surface area contributed by atoms with Gasteiger partial charge in [-0.1, -0.05) is 13.8 Å². The second kappa shape index (κ2) is 10.1. The molecular formula is C28H42O11. The van der Waals surface area contributed by atoms with Crippen LogP contribution in [0.5, 0.6) is 0 Å². The quantitative estimate of drug-likeness (QED) is 0.286.